The lowest BCUT2D eigenvalue weighted by molar-refractivity contribution is 0.0934. The zero-order valence-electron chi connectivity index (χ0n) is 17.0. The quantitative estimate of drug-likeness (QED) is 0.754. The van der Waals surface area contributed by atoms with E-state index in [9.17, 15) is 4.79 Å². The molecule has 2 heterocycles. The van der Waals surface area contributed by atoms with Gasteiger partial charge in [0, 0.05) is 6.04 Å². The van der Waals surface area contributed by atoms with Gasteiger partial charge in [0.25, 0.3) is 5.91 Å². The molecule has 0 saturated carbocycles. The van der Waals surface area contributed by atoms with Gasteiger partial charge >= 0.3 is 0 Å². The van der Waals surface area contributed by atoms with Crippen LogP contribution in [0.3, 0.4) is 0 Å². The second kappa shape index (κ2) is 9.05. The number of methoxy groups -OCH3 is 2. The number of nitrogens with zero attached hydrogens (tertiary/aromatic N) is 3. The second-order valence-corrected chi connectivity index (χ2v) is 7.22. The molecule has 3 rings (SSSR count). The molecule has 8 nitrogen and oxygen atoms in total. The van der Waals surface area contributed by atoms with Crippen molar-refractivity contribution >= 4 is 5.91 Å². The van der Waals surface area contributed by atoms with E-state index in [1.807, 2.05) is 36.7 Å². The summed E-state index contributed by atoms with van der Waals surface area (Å²) in [4.78, 5) is 12.7. The Bertz CT molecular complexity index is 814. The number of carbonyl (C=O) groups is 1. The highest BCUT2D eigenvalue weighted by molar-refractivity contribution is 5.93. The molecule has 0 aliphatic carbocycles. The number of amides is 1. The fraction of sp³-hybridized carbons (Fsp3) is 0.550. The van der Waals surface area contributed by atoms with E-state index in [1.54, 1.807) is 14.2 Å². The SMILES string of the molecule is COc1ccc(CC(C)NC(=O)c2nnn(C3CCNCC3)c2C)cc1OC. The van der Waals surface area contributed by atoms with E-state index in [4.69, 9.17) is 9.47 Å². The van der Waals surface area contributed by atoms with Gasteiger partial charge in [-0.05, 0) is 63.9 Å². The van der Waals surface area contributed by atoms with Crippen molar-refractivity contribution in [3.63, 3.8) is 0 Å². The van der Waals surface area contributed by atoms with E-state index in [0.717, 1.165) is 37.2 Å². The normalized spacial score (nSPS) is 15.9. The van der Waals surface area contributed by atoms with Crippen LogP contribution in [-0.4, -0.2) is 54.3 Å². The number of hydrogen-bond donors (Lipinski definition) is 2. The summed E-state index contributed by atoms with van der Waals surface area (Å²) in [7, 11) is 3.22. The van der Waals surface area contributed by atoms with E-state index in [1.165, 1.54) is 0 Å². The maximum Gasteiger partial charge on any atom is 0.273 e. The molecule has 2 N–H and O–H groups in total. The Balaban J connectivity index is 1.64. The minimum Gasteiger partial charge on any atom is -0.493 e. The molecule has 0 bridgehead atoms. The molecule has 1 fully saturated rings. The van der Waals surface area contributed by atoms with Gasteiger partial charge in [0.1, 0.15) is 0 Å². The fourth-order valence-corrected chi connectivity index (χ4v) is 3.65. The Morgan fingerprint density at radius 3 is 2.68 bits per heavy atom. The molecule has 0 radical (unpaired) electrons. The highest BCUT2D eigenvalue weighted by Crippen LogP contribution is 2.28. The third-order valence-electron chi connectivity index (χ3n) is 5.16. The maximum atomic E-state index is 12.7. The van der Waals surface area contributed by atoms with Crippen molar-refractivity contribution in [2.24, 2.45) is 0 Å². The predicted octanol–water partition coefficient (Wildman–Crippen LogP) is 1.89. The lowest BCUT2D eigenvalue weighted by atomic mass is 10.1. The summed E-state index contributed by atoms with van der Waals surface area (Å²) < 4.78 is 12.5. The Hall–Kier alpha value is -2.61. The predicted molar refractivity (Wildman–Crippen MR) is 106 cm³/mol. The number of piperidine rings is 1. The zero-order valence-corrected chi connectivity index (χ0v) is 17.0. The molecule has 1 atom stereocenters. The van der Waals surface area contributed by atoms with Crippen LogP contribution in [0, 0.1) is 6.92 Å². The van der Waals surface area contributed by atoms with Crippen molar-refractivity contribution in [2.45, 2.75) is 45.2 Å². The summed E-state index contributed by atoms with van der Waals surface area (Å²) in [6, 6.07) is 6.02. The molecule has 1 aliphatic heterocycles. The van der Waals surface area contributed by atoms with Crippen molar-refractivity contribution in [3.05, 3.63) is 35.2 Å². The topological polar surface area (TPSA) is 90.3 Å². The Morgan fingerprint density at radius 2 is 2.00 bits per heavy atom. The number of rotatable bonds is 7. The first-order valence-electron chi connectivity index (χ1n) is 9.67. The van der Waals surface area contributed by atoms with Crippen LogP contribution in [0.1, 0.15) is 47.6 Å². The molecule has 2 aromatic rings. The van der Waals surface area contributed by atoms with Crippen LogP contribution in [0.15, 0.2) is 18.2 Å². The number of carbonyl (C=O) groups excluding carboxylic acids is 1. The zero-order chi connectivity index (χ0) is 20.1. The smallest absolute Gasteiger partial charge is 0.273 e. The van der Waals surface area contributed by atoms with Gasteiger partial charge in [-0.15, -0.1) is 5.10 Å². The Kier molecular flexibility index (Phi) is 6.51. The van der Waals surface area contributed by atoms with Gasteiger partial charge in [-0.3, -0.25) is 4.79 Å². The summed E-state index contributed by atoms with van der Waals surface area (Å²) in [5.74, 6) is 1.18. The van der Waals surface area contributed by atoms with Gasteiger partial charge in [0.05, 0.1) is 26.0 Å². The van der Waals surface area contributed by atoms with E-state index >= 15 is 0 Å². The van der Waals surface area contributed by atoms with E-state index < -0.39 is 0 Å². The van der Waals surface area contributed by atoms with Crippen molar-refractivity contribution in [2.75, 3.05) is 27.3 Å². The molecule has 1 saturated heterocycles. The van der Waals surface area contributed by atoms with E-state index in [2.05, 4.69) is 20.9 Å². The van der Waals surface area contributed by atoms with Gasteiger partial charge in [0.15, 0.2) is 17.2 Å². The standard InChI is InChI=1S/C20H29N5O3/c1-13(11-15-5-6-17(27-3)18(12-15)28-4)22-20(26)19-14(2)25(24-23-19)16-7-9-21-10-8-16/h5-6,12-13,16,21H,7-11H2,1-4H3,(H,22,26). The maximum absolute atomic E-state index is 12.7. The third-order valence-corrected chi connectivity index (χ3v) is 5.16. The number of aromatic nitrogens is 3. The van der Waals surface area contributed by atoms with Crippen molar-refractivity contribution in [3.8, 4) is 11.5 Å². The molecule has 152 valence electrons. The lowest BCUT2D eigenvalue weighted by Crippen LogP contribution is -2.35. The first-order chi connectivity index (χ1) is 13.5. The number of ether oxygens (including phenoxy) is 2. The Morgan fingerprint density at radius 1 is 1.29 bits per heavy atom. The largest absolute Gasteiger partial charge is 0.493 e. The van der Waals surface area contributed by atoms with Crippen LogP contribution < -0.4 is 20.1 Å². The molecule has 0 spiro atoms. The molecule has 28 heavy (non-hydrogen) atoms. The molecular formula is C20H29N5O3. The van der Waals surface area contributed by atoms with Crippen LogP contribution in [0.4, 0.5) is 0 Å². The van der Waals surface area contributed by atoms with Crippen LogP contribution in [0.5, 0.6) is 11.5 Å². The molecule has 1 aromatic heterocycles. The van der Waals surface area contributed by atoms with Crippen molar-refractivity contribution in [1.82, 2.24) is 25.6 Å². The van der Waals surface area contributed by atoms with Gasteiger partial charge in [-0.2, -0.15) is 0 Å². The van der Waals surface area contributed by atoms with Crippen LogP contribution >= 0.6 is 0 Å². The highest BCUT2D eigenvalue weighted by Gasteiger charge is 2.23. The number of nitrogens with one attached hydrogen (secondary N) is 2. The second-order valence-electron chi connectivity index (χ2n) is 7.22. The van der Waals surface area contributed by atoms with Crippen LogP contribution in [0.25, 0.3) is 0 Å². The molecule has 1 aliphatic rings. The molecule has 1 aromatic carbocycles. The summed E-state index contributed by atoms with van der Waals surface area (Å²) in [5.41, 5.74) is 2.28. The van der Waals surface area contributed by atoms with Crippen LogP contribution in [0.2, 0.25) is 0 Å². The fourth-order valence-electron chi connectivity index (χ4n) is 3.65. The number of benzene rings is 1. The van der Waals surface area contributed by atoms with E-state index in [-0.39, 0.29) is 11.9 Å². The van der Waals surface area contributed by atoms with E-state index in [0.29, 0.717) is 29.7 Å². The average Bonchev–Trinajstić information content (AvgIpc) is 3.09. The first kappa shape index (κ1) is 20.1. The summed E-state index contributed by atoms with van der Waals surface area (Å²) in [5, 5.41) is 14.8. The third kappa shape index (κ3) is 4.44. The molecule has 1 unspecified atom stereocenters. The molecule has 8 heteroatoms. The summed E-state index contributed by atoms with van der Waals surface area (Å²) >= 11 is 0. The summed E-state index contributed by atoms with van der Waals surface area (Å²) in [6.07, 6.45) is 2.68. The minimum absolute atomic E-state index is 0.0611. The Labute approximate surface area is 165 Å². The van der Waals surface area contributed by atoms with Gasteiger partial charge in [-0.1, -0.05) is 11.3 Å². The first-order valence-corrected chi connectivity index (χ1v) is 9.67. The van der Waals surface area contributed by atoms with Gasteiger partial charge in [0.2, 0.25) is 0 Å². The van der Waals surface area contributed by atoms with Crippen LogP contribution in [-0.2, 0) is 6.42 Å². The van der Waals surface area contributed by atoms with Gasteiger partial charge < -0.3 is 20.1 Å². The summed E-state index contributed by atoms with van der Waals surface area (Å²) in [6.45, 7) is 5.82. The minimum atomic E-state index is -0.189. The van der Waals surface area contributed by atoms with Gasteiger partial charge in [-0.25, -0.2) is 4.68 Å². The average molecular weight is 387 g/mol. The van der Waals surface area contributed by atoms with Crippen molar-refractivity contribution < 1.29 is 14.3 Å². The molecule has 1 amide bonds. The highest BCUT2D eigenvalue weighted by atomic mass is 16.5. The monoisotopic (exact) mass is 387 g/mol. The number of hydrogen-bond acceptors (Lipinski definition) is 6. The lowest BCUT2D eigenvalue weighted by Gasteiger charge is -2.23. The van der Waals surface area contributed by atoms with Crippen molar-refractivity contribution in [1.29, 1.82) is 0 Å². The molecular weight excluding hydrogens is 358 g/mol.